The number of aliphatic imine (C=N–C) groups is 1. The molecule has 1 heterocycles. The molecule has 2 unspecified atom stereocenters. The molecule has 1 saturated carbocycles. The van der Waals surface area contributed by atoms with E-state index in [0.29, 0.717) is 24.6 Å². The summed E-state index contributed by atoms with van der Waals surface area (Å²) in [5.74, 6) is -0.152. The van der Waals surface area contributed by atoms with Gasteiger partial charge in [0.1, 0.15) is 6.10 Å². The van der Waals surface area contributed by atoms with Crippen molar-refractivity contribution >= 4 is 12.3 Å². The Balaban J connectivity index is 1.72. The third kappa shape index (κ3) is 3.91. The summed E-state index contributed by atoms with van der Waals surface area (Å²) in [6.45, 7) is 0.974. The minimum Gasteiger partial charge on any atom is -0.456 e. The fourth-order valence-electron chi connectivity index (χ4n) is 3.46. The van der Waals surface area contributed by atoms with E-state index in [0.717, 1.165) is 18.4 Å². The van der Waals surface area contributed by atoms with Crippen LogP contribution in [0.1, 0.15) is 55.3 Å². The number of nitrogens with one attached hydrogen (secondary N) is 1. The number of esters is 1. The molecule has 2 aliphatic rings. The lowest BCUT2D eigenvalue weighted by Crippen LogP contribution is -2.37. The highest BCUT2D eigenvalue weighted by Gasteiger charge is 2.28. The van der Waals surface area contributed by atoms with Gasteiger partial charge in [0, 0.05) is 0 Å². The zero-order chi connectivity index (χ0) is 16.1. The molecule has 5 heteroatoms. The lowest BCUT2D eigenvalue weighted by molar-refractivity contribution is -0.158. The van der Waals surface area contributed by atoms with Gasteiger partial charge in [-0.1, -0.05) is 43.5 Å². The van der Waals surface area contributed by atoms with E-state index in [1.165, 1.54) is 19.3 Å². The molecule has 0 bridgehead atoms. The van der Waals surface area contributed by atoms with E-state index in [1.807, 2.05) is 24.3 Å². The molecular formula is C18H24N2O3. The Labute approximate surface area is 136 Å². The smallest absolute Gasteiger partial charge is 0.340 e. The maximum absolute atomic E-state index is 12.3. The Hall–Kier alpha value is -1.88. The Bertz CT molecular complexity index is 567. The molecule has 1 fully saturated rings. The van der Waals surface area contributed by atoms with Crippen LogP contribution in [0.3, 0.4) is 0 Å². The van der Waals surface area contributed by atoms with E-state index in [-0.39, 0.29) is 6.10 Å². The first kappa shape index (κ1) is 16.0. The summed E-state index contributed by atoms with van der Waals surface area (Å²) in [5.41, 5.74) is 1.79. The number of rotatable bonds is 4. The van der Waals surface area contributed by atoms with Crippen molar-refractivity contribution in [3.05, 3.63) is 35.4 Å². The van der Waals surface area contributed by atoms with Crippen LogP contribution in [0.25, 0.3) is 0 Å². The average Bonchev–Trinajstić information content (AvgIpc) is 2.62. The fourth-order valence-corrected chi connectivity index (χ4v) is 3.46. The molecule has 0 spiro atoms. The number of hydrogen-bond acceptors (Lipinski definition) is 5. The van der Waals surface area contributed by atoms with Crippen molar-refractivity contribution in [2.24, 2.45) is 4.99 Å². The number of aliphatic hydroxyl groups is 1. The molecule has 0 radical (unpaired) electrons. The molecule has 5 nitrogen and oxygen atoms in total. The summed E-state index contributed by atoms with van der Waals surface area (Å²) in [5, 5.41) is 13.4. The molecule has 0 amide bonds. The van der Waals surface area contributed by atoms with E-state index in [4.69, 9.17) is 4.74 Å². The zero-order valence-corrected chi connectivity index (χ0v) is 13.3. The van der Waals surface area contributed by atoms with Crippen LogP contribution < -0.4 is 5.32 Å². The van der Waals surface area contributed by atoms with Crippen LogP contribution in [-0.2, 0) is 9.53 Å². The number of ether oxygens (including phenoxy) is 1. The van der Waals surface area contributed by atoms with Gasteiger partial charge in [0.25, 0.3) is 0 Å². The molecule has 1 aliphatic heterocycles. The molecule has 0 aromatic heterocycles. The lowest BCUT2D eigenvalue weighted by atomic mass is 9.81. The molecule has 3 rings (SSSR count). The van der Waals surface area contributed by atoms with Crippen molar-refractivity contribution in [1.29, 1.82) is 0 Å². The first-order valence-corrected chi connectivity index (χ1v) is 8.45. The van der Waals surface area contributed by atoms with Gasteiger partial charge in [-0.2, -0.15) is 0 Å². The number of nitrogens with zero attached hydrogens (tertiary/aromatic N) is 1. The highest BCUT2D eigenvalue weighted by atomic mass is 16.6. The molecule has 1 aliphatic carbocycles. The molecule has 2 N–H and O–H groups in total. The number of hydrogen-bond donors (Lipinski definition) is 2. The number of carbonyl (C=O) groups is 1. The molecule has 2 atom stereocenters. The first-order valence-electron chi connectivity index (χ1n) is 8.45. The average molecular weight is 316 g/mol. The van der Waals surface area contributed by atoms with Crippen molar-refractivity contribution in [3.8, 4) is 0 Å². The van der Waals surface area contributed by atoms with Crippen LogP contribution in [0.5, 0.6) is 0 Å². The SMILES string of the molecule is O=C(OC1CN=CNC1)C(O)c1ccccc1C1CCCCC1. The van der Waals surface area contributed by atoms with Gasteiger partial charge >= 0.3 is 5.97 Å². The van der Waals surface area contributed by atoms with E-state index in [9.17, 15) is 9.90 Å². The predicted molar refractivity (Wildman–Crippen MR) is 88.5 cm³/mol. The summed E-state index contributed by atoms with van der Waals surface area (Å²) < 4.78 is 5.38. The van der Waals surface area contributed by atoms with Gasteiger partial charge in [-0.05, 0) is 29.9 Å². The van der Waals surface area contributed by atoms with Crippen LogP contribution in [-0.4, -0.2) is 36.6 Å². The summed E-state index contributed by atoms with van der Waals surface area (Å²) in [4.78, 5) is 16.3. The quantitative estimate of drug-likeness (QED) is 0.836. The van der Waals surface area contributed by atoms with Gasteiger partial charge in [0.05, 0.1) is 19.4 Å². The van der Waals surface area contributed by atoms with Crippen molar-refractivity contribution in [3.63, 3.8) is 0 Å². The Morgan fingerprint density at radius 2 is 2.04 bits per heavy atom. The zero-order valence-electron chi connectivity index (χ0n) is 13.3. The highest BCUT2D eigenvalue weighted by molar-refractivity contribution is 5.77. The van der Waals surface area contributed by atoms with E-state index in [2.05, 4.69) is 10.3 Å². The molecule has 124 valence electrons. The summed E-state index contributed by atoms with van der Waals surface area (Å²) in [6, 6.07) is 7.72. The third-order valence-electron chi connectivity index (χ3n) is 4.68. The van der Waals surface area contributed by atoms with Gasteiger partial charge in [-0.3, -0.25) is 4.99 Å². The normalized spacial score (nSPS) is 23.1. The summed E-state index contributed by atoms with van der Waals surface area (Å²) in [7, 11) is 0. The topological polar surface area (TPSA) is 70.9 Å². The molecule has 1 aromatic carbocycles. The number of carbonyl (C=O) groups excluding carboxylic acids is 1. The fraction of sp³-hybridized carbons (Fsp3) is 0.556. The Kier molecular flexibility index (Phi) is 5.28. The first-order chi connectivity index (χ1) is 11.3. The van der Waals surface area contributed by atoms with E-state index in [1.54, 1.807) is 6.34 Å². The second-order valence-corrected chi connectivity index (χ2v) is 6.33. The monoisotopic (exact) mass is 316 g/mol. The van der Waals surface area contributed by atoms with Crippen molar-refractivity contribution < 1.29 is 14.6 Å². The lowest BCUT2D eigenvalue weighted by Gasteiger charge is -2.26. The Morgan fingerprint density at radius 3 is 2.78 bits per heavy atom. The summed E-state index contributed by atoms with van der Waals surface area (Å²) >= 11 is 0. The second kappa shape index (κ2) is 7.59. The molecule has 0 saturated heterocycles. The van der Waals surface area contributed by atoms with Crippen molar-refractivity contribution in [2.75, 3.05) is 13.1 Å². The van der Waals surface area contributed by atoms with Crippen LogP contribution >= 0.6 is 0 Å². The Morgan fingerprint density at radius 1 is 1.26 bits per heavy atom. The predicted octanol–water partition coefficient (Wildman–Crippen LogP) is 2.31. The van der Waals surface area contributed by atoms with Crippen molar-refractivity contribution in [2.45, 2.75) is 50.2 Å². The molecule has 23 heavy (non-hydrogen) atoms. The minimum absolute atomic E-state index is 0.316. The van der Waals surface area contributed by atoms with Crippen LogP contribution in [0.15, 0.2) is 29.3 Å². The minimum atomic E-state index is -1.22. The summed E-state index contributed by atoms with van der Waals surface area (Å²) in [6.07, 6.45) is 6.02. The number of aliphatic hydroxyl groups excluding tert-OH is 1. The van der Waals surface area contributed by atoms with Gasteiger partial charge < -0.3 is 15.2 Å². The third-order valence-corrected chi connectivity index (χ3v) is 4.68. The molecule has 1 aromatic rings. The largest absolute Gasteiger partial charge is 0.456 e. The van der Waals surface area contributed by atoms with Crippen LogP contribution in [0.2, 0.25) is 0 Å². The highest BCUT2D eigenvalue weighted by Crippen LogP contribution is 2.36. The van der Waals surface area contributed by atoms with Gasteiger partial charge in [-0.15, -0.1) is 0 Å². The van der Waals surface area contributed by atoms with Gasteiger partial charge in [-0.25, -0.2) is 4.79 Å². The van der Waals surface area contributed by atoms with E-state index >= 15 is 0 Å². The second-order valence-electron chi connectivity index (χ2n) is 6.33. The number of benzene rings is 1. The maximum Gasteiger partial charge on any atom is 0.340 e. The van der Waals surface area contributed by atoms with Crippen LogP contribution in [0, 0.1) is 0 Å². The maximum atomic E-state index is 12.3. The van der Waals surface area contributed by atoms with Gasteiger partial charge in [0.15, 0.2) is 6.10 Å². The molecular weight excluding hydrogens is 292 g/mol. The van der Waals surface area contributed by atoms with E-state index < -0.39 is 12.1 Å². The standard InChI is InChI=1S/C18H24N2O3/c21-17(18(22)23-14-10-19-12-20-11-14)16-9-5-4-8-15(16)13-6-2-1-3-7-13/h4-5,8-9,12-14,17,21H,1-3,6-7,10-11H2,(H,19,20). The van der Waals surface area contributed by atoms with Gasteiger partial charge in [0.2, 0.25) is 0 Å². The van der Waals surface area contributed by atoms with Crippen LogP contribution in [0.4, 0.5) is 0 Å². The van der Waals surface area contributed by atoms with Crippen molar-refractivity contribution in [1.82, 2.24) is 5.32 Å².